The summed E-state index contributed by atoms with van der Waals surface area (Å²) in [4.78, 5) is 25.0. The lowest BCUT2D eigenvalue weighted by atomic mass is 10.0. The van der Waals surface area contributed by atoms with Crippen molar-refractivity contribution in [3.05, 3.63) is 53.1 Å². The van der Waals surface area contributed by atoms with Crippen LogP contribution in [-0.4, -0.2) is 33.0 Å². The first-order valence-corrected chi connectivity index (χ1v) is 10.7. The van der Waals surface area contributed by atoms with Crippen molar-refractivity contribution in [1.82, 2.24) is 9.97 Å². The number of nitrogens with one attached hydrogen (secondary N) is 1. The van der Waals surface area contributed by atoms with Crippen LogP contribution in [0.25, 0.3) is 11.1 Å². The Hall–Kier alpha value is -3.11. The highest BCUT2D eigenvalue weighted by molar-refractivity contribution is 7.95. The number of aliphatic imine (C=N–C) groups is 1. The van der Waals surface area contributed by atoms with Gasteiger partial charge in [-0.2, -0.15) is 0 Å². The monoisotopic (exact) mass is 413 g/mol. The van der Waals surface area contributed by atoms with Gasteiger partial charge in [0.25, 0.3) is 0 Å². The number of aryl methyl sites for hydroxylation is 1. The van der Waals surface area contributed by atoms with E-state index in [0.717, 1.165) is 41.6 Å². The number of aromatic nitrogens is 2. The summed E-state index contributed by atoms with van der Waals surface area (Å²) in [5, 5.41) is 8.21. The van der Waals surface area contributed by atoms with Gasteiger partial charge < -0.3 is 11.1 Å². The average molecular weight is 414 g/mol. The number of amides is 2. The molecular formula is C19H23N7O2S. The fraction of sp³-hybridized carbons (Fsp3) is 0.263. The number of carbonyl (C=O) groups is 1. The molecule has 1 aliphatic rings. The van der Waals surface area contributed by atoms with Crippen molar-refractivity contribution in [3.63, 3.8) is 0 Å². The Morgan fingerprint density at radius 2 is 2.10 bits per heavy atom. The third-order valence-corrected chi connectivity index (χ3v) is 5.66. The van der Waals surface area contributed by atoms with Crippen LogP contribution in [0.4, 0.5) is 10.5 Å². The molecule has 2 aromatic rings. The van der Waals surface area contributed by atoms with Crippen LogP contribution >= 0.6 is 0 Å². The molecule has 0 saturated heterocycles. The minimum atomic E-state index is -3.57. The predicted octanol–water partition coefficient (Wildman–Crippen LogP) is 2.40. The van der Waals surface area contributed by atoms with Gasteiger partial charge in [0.05, 0.1) is 5.69 Å². The van der Waals surface area contributed by atoms with E-state index in [9.17, 15) is 9.00 Å². The highest BCUT2D eigenvalue weighted by Gasteiger charge is 2.22. The number of hydrogen-bond donors (Lipinski definition) is 3. The van der Waals surface area contributed by atoms with Crippen LogP contribution in [0.15, 0.2) is 51.2 Å². The van der Waals surface area contributed by atoms with E-state index in [4.69, 9.17) is 10.9 Å². The van der Waals surface area contributed by atoms with E-state index in [1.165, 1.54) is 12.3 Å². The maximum atomic E-state index is 12.6. The Kier molecular flexibility index (Phi) is 6.35. The van der Waals surface area contributed by atoms with E-state index in [1.807, 2.05) is 19.1 Å². The molecule has 10 heteroatoms. The van der Waals surface area contributed by atoms with Crippen molar-refractivity contribution in [1.29, 1.82) is 0 Å². The van der Waals surface area contributed by atoms with E-state index in [2.05, 4.69) is 24.6 Å². The molecule has 0 spiro atoms. The Morgan fingerprint density at radius 3 is 2.83 bits per heavy atom. The van der Waals surface area contributed by atoms with E-state index in [-0.39, 0.29) is 5.03 Å². The van der Waals surface area contributed by atoms with Crippen molar-refractivity contribution in [2.45, 2.75) is 26.2 Å². The van der Waals surface area contributed by atoms with Gasteiger partial charge in [-0.05, 0) is 55.5 Å². The summed E-state index contributed by atoms with van der Waals surface area (Å²) in [6, 6.07) is 2.81. The van der Waals surface area contributed by atoms with Crippen LogP contribution in [0.3, 0.4) is 0 Å². The summed E-state index contributed by atoms with van der Waals surface area (Å²) in [5.74, 6) is 0. The number of nitrogens with two attached hydrogens (primary N) is 2. The largest absolute Gasteiger partial charge is 0.390 e. The highest BCUT2D eigenvalue weighted by Crippen LogP contribution is 2.36. The predicted molar refractivity (Wildman–Crippen MR) is 115 cm³/mol. The Labute approximate surface area is 169 Å². The third-order valence-electron chi connectivity index (χ3n) is 4.42. The molecule has 0 fully saturated rings. The fourth-order valence-corrected chi connectivity index (χ4v) is 3.69. The molecule has 29 heavy (non-hydrogen) atoms. The summed E-state index contributed by atoms with van der Waals surface area (Å²) in [7, 11) is -3.57. The summed E-state index contributed by atoms with van der Waals surface area (Å²) < 4.78 is 16.2. The molecule has 1 atom stereocenters. The molecule has 0 saturated carbocycles. The molecule has 1 aliphatic carbocycles. The molecule has 2 amide bonds. The fourth-order valence-electron chi connectivity index (χ4n) is 3.04. The first kappa shape index (κ1) is 20.6. The molecule has 0 radical (unpaired) electrons. The van der Waals surface area contributed by atoms with E-state index >= 15 is 0 Å². The number of anilines is 1. The standard InChI is InChI=1S/C19H23N7O2S/c1-2-22-11-8-17(20)29(21,28)26-19(27)25-18-14-4-3-5-16(14)24-12-15(18)13-6-9-23-10-7-13/h6-12H,2-5,20H2,1H3,(H3,21,24,25,26,27,28). The van der Waals surface area contributed by atoms with Gasteiger partial charge >= 0.3 is 6.03 Å². The number of allylic oxidation sites excluding steroid dienone is 1. The number of hydrogen-bond acceptors (Lipinski definition) is 6. The minimum Gasteiger partial charge on any atom is -0.390 e. The summed E-state index contributed by atoms with van der Waals surface area (Å²) in [5.41, 5.74) is 9.78. The second-order valence-corrected chi connectivity index (χ2v) is 8.16. The number of urea groups is 1. The van der Waals surface area contributed by atoms with Crippen LogP contribution in [0.5, 0.6) is 0 Å². The zero-order chi connectivity index (χ0) is 20.9. The second kappa shape index (κ2) is 8.93. The quantitative estimate of drug-likeness (QED) is 0.643. The molecule has 0 bridgehead atoms. The van der Waals surface area contributed by atoms with Crippen molar-refractivity contribution in [2.24, 2.45) is 20.2 Å². The Morgan fingerprint density at radius 1 is 1.34 bits per heavy atom. The van der Waals surface area contributed by atoms with Crippen molar-refractivity contribution >= 4 is 27.8 Å². The molecule has 3 rings (SSSR count). The summed E-state index contributed by atoms with van der Waals surface area (Å²) in [6.45, 7) is 2.38. The zero-order valence-corrected chi connectivity index (χ0v) is 16.9. The van der Waals surface area contributed by atoms with Crippen molar-refractivity contribution in [3.8, 4) is 11.1 Å². The summed E-state index contributed by atoms with van der Waals surface area (Å²) >= 11 is 0. The Balaban J connectivity index is 1.97. The lowest BCUT2D eigenvalue weighted by molar-refractivity contribution is 0.260. The lowest BCUT2D eigenvalue weighted by Gasteiger charge is -2.14. The van der Waals surface area contributed by atoms with Gasteiger partial charge in [0.1, 0.15) is 5.03 Å². The number of nitrogens with zero attached hydrogens (tertiary/aromatic N) is 4. The second-order valence-electron chi connectivity index (χ2n) is 6.37. The first-order chi connectivity index (χ1) is 13.9. The van der Waals surface area contributed by atoms with Gasteiger partial charge in [-0.15, -0.1) is 4.36 Å². The third kappa shape index (κ3) is 4.84. The number of pyridine rings is 2. The molecule has 0 aliphatic heterocycles. The van der Waals surface area contributed by atoms with Gasteiger partial charge in [-0.1, -0.05) is 0 Å². The maximum Gasteiger partial charge on any atom is 0.354 e. The van der Waals surface area contributed by atoms with Crippen LogP contribution in [0, 0.1) is 0 Å². The van der Waals surface area contributed by atoms with Crippen LogP contribution < -0.4 is 16.2 Å². The molecule has 2 heterocycles. The maximum absolute atomic E-state index is 12.6. The first-order valence-electron chi connectivity index (χ1n) is 9.15. The van der Waals surface area contributed by atoms with Gasteiger partial charge in [0.15, 0.2) is 9.92 Å². The van der Waals surface area contributed by atoms with Gasteiger partial charge in [0, 0.05) is 42.6 Å². The molecule has 1 unspecified atom stereocenters. The average Bonchev–Trinajstić information content (AvgIpc) is 3.18. The normalized spacial score (nSPS) is 15.7. The SMILES string of the molecule is CCN=CC=C(N)S(N)(=O)=NC(=O)Nc1c(-c2ccncc2)cnc2c1CCC2. The number of carbonyl (C=O) groups excluding carboxylic acids is 1. The summed E-state index contributed by atoms with van der Waals surface area (Å²) in [6.07, 6.45) is 10.3. The molecule has 9 nitrogen and oxygen atoms in total. The van der Waals surface area contributed by atoms with Crippen LogP contribution in [0.1, 0.15) is 24.6 Å². The molecule has 0 aromatic carbocycles. The Bertz CT molecular complexity index is 1090. The molecule has 152 valence electrons. The van der Waals surface area contributed by atoms with E-state index in [0.29, 0.717) is 12.2 Å². The van der Waals surface area contributed by atoms with Gasteiger partial charge in [-0.25, -0.2) is 14.1 Å². The molecule has 5 N–H and O–H groups in total. The van der Waals surface area contributed by atoms with Crippen molar-refractivity contribution < 1.29 is 9.00 Å². The smallest absolute Gasteiger partial charge is 0.354 e. The topological polar surface area (TPSA) is 149 Å². The lowest BCUT2D eigenvalue weighted by Crippen LogP contribution is -2.24. The van der Waals surface area contributed by atoms with E-state index < -0.39 is 15.9 Å². The zero-order valence-electron chi connectivity index (χ0n) is 16.0. The molecule has 2 aromatic heterocycles. The van der Waals surface area contributed by atoms with Crippen LogP contribution in [-0.2, 0) is 22.8 Å². The minimum absolute atomic E-state index is 0.223. The highest BCUT2D eigenvalue weighted by atomic mass is 32.2. The van der Waals surface area contributed by atoms with Gasteiger partial charge in [0.2, 0.25) is 0 Å². The van der Waals surface area contributed by atoms with Crippen LogP contribution in [0.2, 0.25) is 0 Å². The van der Waals surface area contributed by atoms with E-state index in [1.54, 1.807) is 18.6 Å². The number of rotatable bonds is 5. The van der Waals surface area contributed by atoms with Crippen molar-refractivity contribution in [2.75, 3.05) is 11.9 Å². The number of fused-ring (bicyclic) bond motifs is 1. The van der Waals surface area contributed by atoms with Gasteiger partial charge in [-0.3, -0.25) is 15.0 Å². The molecular weight excluding hydrogens is 390 g/mol.